The van der Waals surface area contributed by atoms with E-state index in [2.05, 4.69) is 22.9 Å². The maximum atomic E-state index is 13.8. The minimum absolute atomic E-state index is 0.0589. The highest BCUT2D eigenvalue weighted by atomic mass is 79.9. The minimum Gasteiger partial charge on any atom is -0.493 e. The fraction of sp³-hybridized carbons (Fsp3) is 0.241. The lowest BCUT2D eigenvalue weighted by atomic mass is 9.97. The van der Waals surface area contributed by atoms with Crippen LogP contribution in [0.15, 0.2) is 74.3 Å². The van der Waals surface area contributed by atoms with Gasteiger partial charge in [-0.1, -0.05) is 47.5 Å². The smallest absolute Gasteiger partial charge is 0.295 e. The molecule has 184 valence electrons. The Morgan fingerprint density at radius 2 is 1.86 bits per heavy atom. The molecule has 1 amide bonds. The molecule has 2 heterocycles. The maximum Gasteiger partial charge on any atom is 0.295 e. The summed E-state index contributed by atoms with van der Waals surface area (Å²) in [6, 6.07) is 17.7. The van der Waals surface area contributed by atoms with Crippen LogP contribution in [-0.4, -0.2) is 19.6 Å². The molecule has 6 nitrogen and oxygen atoms in total. The molecular weight excluding hydrogens is 522 g/mol. The maximum absolute atomic E-state index is 13.8. The number of amides is 1. The first-order valence-electron chi connectivity index (χ1n) is 11.9. The van der Waals surface area contributed by atoms with Crippen molar-refractivity contribution < 1.29 is 18.7 Å². The van der Waals surface area contributed by atoms with Gasteiger partial charge in [0.25, 0.3) is 5.91 Å². The Hall–Kier alpha value is -3.58. The second-order valence-electron chi connectivity index (χ2n) is 8.84. The van der Waals surface area contributed by atoms with E-state index in [1.165, 1.54) is 0 Å². The third-order valence-corrected chi connectivity index (χ3v) is 6.86. The molecule has 7 heteroatoms. The predicted octanol–water partition coefficient (Wildman–Crippen LogP) is 6.80. The van der Waals surface area contributed by atoms with Crippen molar-refractivity contribution in [2.75, 3.05) is 18.6 Å². The molecule has 0 bridgehead atoms. The summed E-state index contributed by atoms with van der Waals surface area (Å²) in [4.78, 5) is 29.2. The van der Waals surface area contributed by atoms with E-state index in [9.17, 15) is 9.59 Å². The number of nitrogens with zero attached hydrogens (tertiary/aromatic N) is 1. The second kappa shape index (κ2) is 9.82. The number of benzene rings is 3. The van der Waals surface area contributed by atoms with Crippen LogP contribution in [0.3, 0.4) is 0 Å². The number of ether oxygens (including phenoxy) is 2. The molecular formula is C29H26BrNO5. The van der Waals surface area contributed by atoms with Gasteiger partial charge < -0.3 is 13.9 Å². The molecule has 1 atom stereocenters. The number of rotatable bonds is 7. The normalized spacial score (nSPS) is 14.8. The van der Waals surface area contributed by atoms with Gasteiger partial charge in [0, 0.05) is 10.2 Å². The van der Waals surface area contributed by atoms with Gasteiger partial charge in [0.05, 0.1) is 30.7 Å². The molecule has 1 unspecified atom stereocenters. The van der Waals surface area contributed by atoms with Crippen LogP contribution in [0.2, 0.25) is 0 Å². The van der Waals surface area contributed by atoms with Crippen molar-refractivity contribution in [2.45, 2.75) is 32.7 Å². The van der Waals surface area contributed by atoms with Crippen molar-refractivity contribution in [1.82, 2.24) is 0 Å². The molecule has 1 aliphatic rings. The Morgan fingerprint density at radius 1 is 1.03 bits per heavy atom. The van der Waals surface area contributed by atoms with Gasteiger partial charge in [0.1, 0.15) is 5.58 Å². The Kier molecular flexibility index (Phi) is 6.58. The summed E-state index contributed by atoms with van der Waals surface area (Å²) in [5.74, 6) is 0.866. The van der Waals surface area contributed by atoms with Crippen LogP contribution in [0, 0.1) is 6.92 Å². The van der Waals surface area contributed by atoms with Crippen molar-refractivity contribution >= 4 is 38.5 Å². The molecule has 0 saturated carbocycles. The van der Waals surface area contributed by atoms with Gasteiger partial charge in [-0.05, 0) is 66.9 Å². The average Bonchev–Trinajstić information content (AvgIpc) is 3.17. The quantitative estimate of drug-likeness (QED) is 0.238. The SMILES string of the molecule is CCCCOc1ccc(C2c3c(oc4ccc(Br)cc4c3=O)C(=O)N2c2cccc(C)c2)cc1OC. The summed E-state index contributed by atoms with van der Waals surface area (Å²) >= 11 is 3.44. The van der Waals surface area contributed by atoms with E-state index in [1.54, 1.807) is 30.2 Å². The monoisotopic (exact) mass is 547 g/mol. The molecule has 4 aromatic rings. The molecule has 0 N–H and O–H groups in total. The summed E-state index contributed by atoms with van der Waals surface area (Å²) in [5, 5.41) is 0.415. The summed E-state index contributed by atoms with van der Waals surface area (Å²) in [5.41, 5.74) is 2.86. The van der Waals surface area contributed by atoms with Crippen molar-refractivity contribution in [1.29, 1.82) is 0 Å². The fourth-order valence-electron chi connectivity index (χ4n) is 4.60. The summed E-state index contributed by atoms with van der Waals surface area (Å²) in [6.07, 6.45) is 1.95. The molecule has 0 spiro atoms. The molecule has 0 aliphatic carbocycles. The third kappa shape index (κ3) is 4.17. The number of anilines is 1. The molecule has 1 aromatic heterocycles. The number of fused-ring (bicyclic) bond motifs is 2. The van der Waals surface area contributed by atoms with E-state index < -0.39 is 6.04 Å². The zero-order chi connectivity index (χ0) is 25.4. The molecule has 0 radical (unpaired) electrons. The average molecular weight is 548 g/mol. The van der Waals surface area contributed by atoms with E-state index >= 15 is 0 Å². The number of unbranched alkanes of at least 4 members (excludes halogenated alkanes) is 1. The standard InChI is InChI=1S/C29H26BrNO5/c1-4-5-13-35-23-11-9-18(15-24(23)34-3)26-25-27(32)21-16-19(30)10-12-22(21)36-28(25)29(33)31(26)20-8-6-7-17(2)14-20/h6-12,14-16,26H,4-5,13H2,1-3H3. The highest BCUT2D eigenvalue weighted by Gasteiger charge is 2.44. The van der Waals surface area contributed by atoms with Crippen molar-refractivity contribution in [2.24, 2.45) is 0 Å². The largest absolute Gasteiger partial charge is 0.493 e. The van der Waals surface area contributed by atoms with Crippen LogP contribution in [0.1, 0.15) is 53.1 Å². The van der Waals surface area contributed by atoms with E-state index in [0.29, 0.717) is 40.3 Å². The Morgan fingerprint density at radius 3 is 2.61 bits per heavy atom. The predicted molar refractivity (Wildman–Crippen MR) is 143 cm³/mol. The van der Waals surface area contributed by atoms with Gasteiger partial charge in [-0.2, -0.15) is 0 Å². The summed E-state index contributed by atoms with van der Waals surface area (Å²) in [7, 11) is 1.58. The van der Waals surface area contributed by atoms with E-state index in [-0.39, 0.29) is 17.1 Å². The van der Waals surface area contributed by atoms with Gasteiger partial charge in [0.15, 0.2) is 16.9 Å². The Balaban J connectivity index is 1.72. The lowest BCUT2D eigenvalue weighted by Crippen LogP contribution is -2.29. The first-order chi connectivity index (χ1) is 17.4. The third-order valence-electron chi connectivity index (χ3n) is 6.37. The molecule has 0 saturated heterocycles. The van der Waals surface area contributed by atoms with Crippen LogP contribution in [-0.2, 0) is 0 Å². The highest BCUT2D eigenvalue weighted by molar-refractivity contribution is 9.10. The molecule has 5 rings (SSSR count). The first kappa shape index (κ1) is 24.1. The number of carbonyl (C=O) groups excluding carboxylic acids is 1. The number of halogens is 1. The summed E-state index contributed by atoms with van der Waals surface area (Å²) in [6.45, 7) is 4.65. The fourth-order valence-corrected chi connectivity index (χ4v) is 4.97. The minimum atomic E-state index is -0.687. The highest BCUT2D eigenvalue weighted by Crippen LogP contribution is 2.43. The Labute approximate surface area is 217 Å². The zero-order valence-corrected chi connectivity index (χ0v) is 21.9. The van der Waals surface area contributed by atoms with Crippen LogP contribution < -0.4 is 19.8 Å². The van der Waals surface area contributed by atoms with E-state index in [0.717, 1.165) is 28.4 Å². The van der Waals surface area contributed by atoms with Crippen LogP contribution in [0.4, 0.5) is 5.69 Å². The van der Waals surface area contributed by atoms with Gasteiger partial charge in [0.2, 0.25) is 5.76 Å². The molecule has 0 fully saturated rings. The van der Waals surface area contributed by atoms with E-state index in [4.69, 9.17) is 13.9 Å². The topological polar surface area (TPSA) is 69.0 Å². The van der Waals surface area contributed by atoms with E-state index in [1.807, 2.05) is 49.4 Å². The van der Waals surface area contributed by atoms with Crippen molar-refractivity contribution in [3.8, 4) is 11.5 Å². The summed E-state index contributed by atoms with van der Waals surface area (Å²) < 4.78 is 18.4. The Bertz CT molecular complexity index is 1530. The molecule has 36 heavy (non-hydrogen) atoms. The molecule has 3 aromatic carbocycles. The number of hydrogen-bond acceptors (Lipinski definition) is 5. The second-order valence-corrected chi connectivity index (χ2v) is 9.76. The number of aryl methyl sites for hydroxylation is 1. The number of methoxy groups -OCH3 is 1. The lowest BCUT2D eigenvalue weighted by Gasteiger charge is -2.26. The van der Waals surface area contributed by atoms with Gasteiger partial charge in [-0.3, -0.25) is 14.5 Å². The van der Waals surface area contributed by atoms with Gasteiger partial charge in [-0.15, -0.1) is 0 Å². The van der Waals surface area contributed by atoms with Crippen LogP contribution in [0.25, 0.3) is 11.0 Å². The van der Waals surface area contributed by atoms with Crippen LogP contribution >= 0.6 is 15.9 Å². The van der Waals surface area contributed by atoms with Crippen molar-refractivity contribution in [3.05, 3.63) is 97.8 Å². The lowest BCUT2D eigenvalue weighted by molar-refractivity contribution is 0.0971. The molecule has 1 aliphatic heterocycles. The number of hydrogen-bond donors (Lipinski definition) is 0. The number of carbonyl (C=O) groups is 1. The van der Waals surface area contributed by atoms with Gasteiger partial charge in [-0.25, -0.2) is 0 Å². The van der Waals surface area contributed by atoms with Gasteiger partial charge >= 0.3 is 0 Å². The van der Waals surface area contributed by atoms with Crippen molar-refractivity contribution in [3.63, 3.8) is 0 Å². The first-order valence-corrected chi connectivity index (χ1v) is 12.7. The van der Waals surface area contributed by atoms with Crippen LogP contribution in [0.5, 0.6) is 11.5 Å². The zero-order valence-electron chi connectivity index (χ0n) is 20.3.